The number of benzene rings is 1. The van der Waals surface area contributed by atoms with E-state index in [1.54, 1.807) is 36.4 Å². The standard InChI is InChI=1S/C20H21N5O2S/c1-12-13(2)28-19-17(12)18(23-20(24-19)25-9-5-8-22-25)21-11-14-6-7-15(26-3)16(10-14)27-4/h5-10H,11H2,1-4H3,(H,21,23,24). The minimum Gasteiger partial charge on any atom is -0.493 e. The van der Waals surface area contributed by atoms with Crippen LogP contribution in [-0.4, -0.2) is 34.0 Å². The van der Waals surface area contributed by atoms with Crippen LogP contribution in [0.5, 0.6) is 11.5 Å². The molecule has 7 nitrogen and oxygen atoms in total. The van der Waals surface area contributed by atoms with E-state index in [0.717, 1.165) is 21.6 Å². The number of fused-ring (bicyclic) bond motifs is 1. The van der Waals surface area contributed by atoms with Crippen LogP contribution in [0.25, 0.3) is 16.2 Å². The Kier molecular flexibility index (Phi) is 4.87. The molecule has 0 bridgehead atoms. The highest BCUT2D eigenvalue weighted by Crippen LogP contribution is 2.34. The van der Waals surface area contributed by atoms with Gasteiger partial charge in [-0.15, -0.1) is 11.3 Å². The van der Waals surface area contributed by atoms with Crippen LogP contribution in [0.2, 0.25) is 0 Å². The number of ether oxygens (including phenoxy) is 2. The molecule has 4 aromatic rings. The third-order valence-electron chi connectivity index (χ3n) is 4.63. The van der Waals surface area contributed by atoms with Gasteiger partial charge in [-0.2, -0.15) is 15.1 Å². The second-order valence-electron chi connectivity index (χ2n) is 6.33. The van der Waals surface area contributed by atoms with E-state index in [1.165, 1.54) is 10.4 Å². The van der Waals surface area contributed by atoms with Crippen molar-refractivity contribution < 1.29 is 9.47 Å². The number of anilines is 1. The van der Waals surface area contributed by atoms with E-state index in [4.69, 9.17) is 19.4 Å². The van der Waals surface area contributed by atoms with E-state index in [0.29, 0.717) is 24.0 Å². The van der Waals surface area contributed by atoms with Crippen molar-refractivity contribution >= 4 is 27.4 Å². The number of nitrogens with one attached hydrogen (secondary N) is 1. The lowest BCUT2D eigenvalue weighted by molar-refractivity contribution is 0.354. The highest BCUT2D eigenvalue weighted by molar-refractivity contribution is 7.18. The molecular weight excluding hydrogens is 374 g/mol. The number of thiophene rings is 1. The Labute approximate surface area is 167 Å². The lowest BCUT2D eigenvalue weighted by Crippen LogP contribution is -2.07. The molecule has 4 rings (SSSR count). The molecule has 0 atom stereocenters. The Morgan fingerprint density at radius 2 is 1.93 bits per heavy atom. The van der Waals surface area contributed by atoms with Gasteiger partial charge in [0.15, 0.2) is 11.5 Å². The van der Waals surface area contributed by atoms with Gasteiger partial charge in [0, 0.05) is 23.8 Å². The first-order chi connectivity index (χ1) is 13.6. The fourth-order valence-corrected chi connectivity index (χ4v) is 4.06. The molecule has 3 heterocycles. The van der Waals surface area contributed by atoms with Crippen LogP contribution >= 0.6 is 11.3 Å². The first-order valence-corrected chi connectivity index (χ1v) is 9.65. The van der Waals surface area contributed by atoms with E-state index in [1.807, 2.05) is 30.5 Å². The van der Waals surface area contributed by atoms with Crippen molar-refractivity contribution in [2.75, 3.05) is 19.5 Å². The van der Waals surface area contributed by atoms with Gasteiger partial charge < -0.3 is 14.8 Å². The van der Waals surface area contributed by atoms with Crippen molar-refractivity contribution in [3.05, 3.63) is 52.7 Å². The van der Waals surface area contributed by atoms with Crippen LogP contribution in [0.4, 0.5) is 5.82 Å². The first kappa shape index (κ1) is 18.2. The summed E-state index contributed by atoms with van der Waals surface area (Å²) in [5.41, 5.74) is 2.26. The minimum atomic E-state index is 0.550. The van der Waals surface area contributed by atoms with Crippen molar-refractivity contribution in [3.63, 3.8) is 0 Å². The van der Waals surface area contributed by atoms with Crippen molar-refractivity contribution in [2.45, 2.75) is 20.4 Å². The van der Waals surface area contributed by atoms with Gasteiger partial charge in [0.1, 0.15) is 10.6 Å². The number of nitrogens with zero attached hydrogens (tertiary/aromatic N) is 4. The summed E-state index contributed by atoms with van der Waals surface area (Å²) in [4.78, 5) is 11.6. The molecule has 0 aliphatic heterocycles. The van der Waals surface area contributed by atoms with E-state index in [2.05, 4.69) is 24.3 Å². The Hall–Kier alpha value is -3.13. The predicted molar refractivity (Wildman–Crippen MR) is 111 cm³/mol. The molecule has 0 unspecified atom stereocenters. The van der Waals surface area contributed by atoms with Crippen LogP contribution in [-0.2, 0) is 6.54 Å². The van der Waals surface area contributed by atoms with Gasteiger partial charge in [-0.1, -0.05) is 6.07 Å². The zero-order valence-electron chi connectivity index (χ0n) is 16.2. The number of aryl methyl sites for hydroxylation is 2. The maximum atomic E-state index is 5.40. The summed E-state index contributed by atoms with van der Waals surface area (Å²) in [6.07, 6.45) is 3.56. The zero-order valence-corrected chi connectivity index (χ0v) is 17.0. The topological polar surface area (TPSA) is 74.1 Å². The SMILES string of the molecule is COc1ccc(CNc2nc(-n3cccn3)nc3sc(C)c(C)c23)cc1OC. The second-order valence-corrected chi connectivity index (χ2v) is 7.53. The molecule has 28 heavy (non-hydrogen) atoms. The summed E-state index contributed by atoms with van der Waals surface area (Å²) in [6, 6.07) is 7.73. The predicted octanol–water partition coefficient (Wildman–Crippen LogP) is 4.12. The molecule has 0 aliphatic carbocycles. The molecule has 1 N–H and O–H groups in total. The first-order valence-electron chi connectivity index (χ1n) is 8.83. The van der Waals surface area contributed by atoms with E-state index in [-0.39, 0.29) is 0 Å². The fourth-order valence-electron chi connectivity index (χ4n) is 3.03. The van der Waals surface area contributed by atoms with Crippen LogP contribution in [0, 0.1) is 13.8 Å². The zero-order chi connectivity index (χ0) is 19.7. The molecule has 0 spiro atoms. The van der Waals surface area contributed by atoms with Gasteiger partial charge in [-0.25, -0.2) is 4.68 Å². The number of methoxy groups -OCH3 is 2. The highest BCUT2D eigenvalue weighted by atomic mass is 32.1. The quantitative estimate of drug-likeness (QED) is 0.529. The second kappa shape index (κ2) is 7.47. The van der Waals surface area contributed by atoms with E-state index >= 15 is 0 Å². The summed E-state index contributed by atoms with van der Waals surface area (Å²) >= 11 is 1.67. The summed E-state index contributed by atoms with van der Waals surface area (Å²) in [6.45, 7) is 4.80. The Morgan fingerprint density at radius 1 is 1.11 bits per heavy atom. The molecule has 3 aromatic heterocycles. The molecule has 0 saturated heterocycles. The smallest absolute Gasteiger partial charge is 0.253 e. The van der Waals surface area contributed by atoms with Gasteiger partial charge in [0.25, 0.3) is 5.95 Å². The molecule has 1 aromatic carbocycles. The number of aromatic nitrogens is 4. The largest absolute Gasteiger partial charge is 0.493 e. The normalized spacial score (nSPS) is 11.0. The molecule has 0 radical (unpaired) electrons. The van der Waals surface area contributed by atoms with Gasteiger partial charge >= 0.3 is 0 Å². The summed E-state index contributed by atoms with van der Waals surface area (Å²) < 4.78 is 12.4. The van der Waals surface area contributed by atoms with Crippen molar-refractivity contribution in [1.82, 2.24) is 19.7 Å². The molecule has 0 amide bonds. The van der Waals surface area contributed by atoms with Gasteiger partial charge in [0.05, 0.1) is 19.6 Å². The Morgan fingerprint density at radius 3 is 2.64 bits per heavy atom. The molecule has 144 valence electrons. The van der Waals surface area contributed by atoms with Gasteiger partial charge in [-0.3, -0.25) is 0 Å². The molecule has 0 fully saturated rings. The number of hydrogen-bond donors (Lipinski definition) is 1. The molecule has 0 aliphatic rings. The average Bonchev–Trinajstić information content (AvgIpc) is 3.34. The van der Waals surface area contributed by atoms with Crippen molar-refractivity contribution in [1.29, 1.82) is 0 Å². The van der Waals surface area contributed by atoms with Gasteiger partial charge in [-0.05, 0) is 43.2 Å². The molecule has 8 heteroatoms. The van der Waals surface area contributed by atoms with Crippen molar-refractivity contribution in [2.24, 2.45) is 0 Å². The summed E-state index contributed by atoms with van der Waals surface area (Å²) in [7, 11) is 3.27. The van der Waals surface area contributed by atoms with E-state index in [9.17, 15) is 0 Å². The van der Waals surface area contributed by atoms with Gasteiger partial charge in [0.2, 0.25) is 0 Å². The van der Waals surface area contributed by atoms with Crippen molar-refractivity contribution in [3.8, 4) is 17.4 Å². The monoisotopic (exact) mass is 395 g/mol. The maximum absolute atomic E-state index is 5.40. The Balaban J connectivity index is 1.71. The average molecular weight is 395 g/mol. The van der Waals surface area contributed by atoms with Crippen LogP contribution < -0.4 is 14.8 Å². The van der Waals surface area contributed by atoms with Crippen LogP contribution in [0.1, 0.15) is 16.0 Å². The maximum Gasteiger partial charge on any atom is 0.253 e. The third-order valence-corrected chi connectivity index (χ3v) is 5.74. The lowest BCUT2D eigenvalue weighted by atomic mass is 10.2. The number of rotatable bonds is 6. The van der Waals surface area contributed by atoms with Crippen LogP contribution in [0.15, 0.2) is 36.7 Å². The third kappa shape index (κ3) is 3.27. The lowest BCUT2D eigenvalue weighted by Gasteiger charge is -2.12. The van der Waals surface area contributed by atoms with E-state index < -0.39 is 0 Å². The minimum absolute atomic E-state index is 0.550. The fraction of sp³-hybridized carbons (Fsp3) is 0.250. The molecule has 0 saturated carbocycles. The Bertz CT molecular complexity index is 1120. The highest BCUT2D eigenvalue weighted by Gasteiger charge is 2.16. The molecular formula is C20H21N5O2S. The van der Waals surface area contributed by atoms with Crippen LogP contribution in [0.3, 0.4) is 0 Å². The summed E-state index contributed by atoms with van der Waals surface area (Å²) in [5.74, 6) is 2.76. The summed E-state index contributed by atoms with van der Waals surface area (Å²) in [5, 5.41) is 8.78. The number of hydrogen-bond acceptors (Lipinski definition) is 7.